The second-order valence-electron chi connectivity index (χ2n) is 7.53. The van der Waals surface area contributed by atoms with Crippen molar-refractivity contribution in [2.24, 2.45) is 0 Å². The van der Waals surface area contributed by atoms with E-state index in [2.05, 4.69) is 10.6 Å². The number of carboxylic acids is 1. The van der Waals surface area contributed by atoms with Gasteiger partial charge in [-0.15, -0.1) is 0 Å². The Morgan fingerprint density at radius 1 is 1.03 bits per heavy atom. The molecule has 0 radical (unpaired) electrons. The van der Waals surface area contributed by atoms with Crippen LogP contribution in [0.3, 0.4) is 0 Å². The highest BCUT2D eigenvalue weighted by Gasteiger charge is 2.29. The Balaban J connectivity index is 1.66. The van der Waals surface area contributed by atoms with E-state index < -0.39 is 17.5 Å². The van der Waals surface area contributed by atoms with Gasteiger partial charge in [0.05, 0.1) is 5.41 Å². The van der Waals surface area contributed by atoms with Gasteiger partial charge in [0.2, 0.25) is 0 Å². The van der Waals surface area contributed by atoms with Crippen molar-refractivity contribution in [1.82, 2.24) is 0 Å². The molecule has 3 N–H and O–H groups in total. The molecule has 1 unspecified atom stereocenters. The average Bonchev–Trinajstić information content (AvgIpc) is 3.23. The van der Waals surface area contributed by atoms with Gasteiger partial charge in [0, 0.05) is 23.5 Å². The number of carbonyl (C=O) groups is 3. The van der Waals surface area contributed by atoms with Crippen LogP contribution in [0.15, 0.2) is 48.5 Å². The van der Waals surface area contributed by atoms with E-state index in [0.29, 0.717) is 35.5 Å². The fourth-order valence-corrected chi connectivity index (χ4v) is 3.04. The second-order valence-corrected chi connectivity index (χ2v) is 7.53. The summed E-state index contributed by atoms with van der Waals surface area (Å²) in [4.78, 5) is 36.1. The Kier molecular flexibility index (Phi) is 5.98. The molecular formula is C22H24N2O5. The van der Waals surface area contributed by atoms with Gasteiger partial charge in [0.25, 0.3) is 11.8 Å². The molecule has 2 amide bonds. The number of anilines is 2. The van der Waals surface area contributed by atoms with Gasteiger partial charge in [0.15, 0.2) is 0 Å². The minimum atomic E-state index is -1.02. The Labute approximate surface area is 169 Å². The lowest BCUT2D eigenvalue weighted by atomic mass is 9.85. The van der Waals surface area contributed by atoms with E-state index >= 15 is 0 Å². The van der Waals surface area contributed by atoms with Crippen molar-refractivity contribution >= 4 is 29.2 Å². The average molecular weight is 396 g/mol. The standard InChI is InChI=1S/C22H24N2O5/c1-22(2,21(27)28)15-8-10-16(11-9-15)23-19(25)14-5-3-6-17(13-14)24-20(26)18-7-4-12-29-18/h3,5-6,8-11,13,18H,4,7,12H2,1-2H3,(H,23,25)(H,24,26)(H,27,28). The van der Waals surface area contributed by atoms with E-state index in [1.807, 2.05) is 0 Å². The number of amides is 2. The molecule has 3 rings (SSSR count). The monoisotopic (exact) mass is 396 g/mol. The Bertz CT molecular complexity index is 915. The third-order valence-corrected chi connectivity index (χ3v) is 5.01. The first kappa shape index (κ1) is 20.5. The van der Waals surface area contributed by atoms with Crippen LogP contribution in [-0.4, -0.2) is 35.6 Å². The third kappa shape index (κ3) is 4.81. The molecule has 0 spiro atoms. The van der Waals surface area contributed by atoms with Gasteiger partial charge in [0.1, 0.15) is 6.10 Å². The zero-order valence-corrected chi connectivity index (χ0v) is 16.4. The van der Waals surface area contributed by atoms with Gasteiger partial charge in [-0.2, -0.15) is 0 Å². The van der Waals surface area contributed by atoms with Gasteiger partial charge < -0.3 is 20.5 Å². The summed E-state index contributed by atoms with van der Waals surface area (Å²) in [7, 11) is 0. The van der Waals surface area contributed by atoms with Crippen molar-refractivity contribution in [3.05, 3.63) is 59.7 Å². The van der Waals surface area contributed by atoms with Gasteiger partial charge >= 0.3 is 5.97 Å². The molecule has 29 heavy (non-hydrogen) atoms. The highest BCUT2D eigenvalue weighted by atomic mass is 16.5. The summed E-state index contributed by atoms with van der Waals surface area (Å²) >= 11 is 0. The SMILES string of the molecule is CC(C)(C(=O)O)c1ccc(NC(=O)c2cccc(NC(=O)C3CCCO3)c2)cc1. The van der Waals surface area contributed by atoms with Crippen molar-refractivity contribution in [3.8, 4) is 0 Å². The minimum absolute atomic E-state index is 0.211. The minimum Gasteiger partial charge on any atom is -0.481 e. The van der Waals surface area contributed by atoms with E-state index in [-0.39, 0.29) is 11.8 Å². The maximum absolute atomic E-state index is 12.6. The zero-order valence-electron chi connectivity index (χ0n) is 16.4. The van der Waals surface area contributed by atoms with Crippen LogP contribution in [0, 0.1) is 0 Å². The number of nitrogens with one attached hydrogen (secondary N) is 2. The zero-order chi connectivity index (χ0) is 21.0. The molecule has 1 aliphatic heterocycles. The smallest absolute Gasteiger partial charge is 0.313 e. The van der Waals surface area contributed by atoms with Crippen LogP contribution < -0.4 is 10.6 Å². The summed E-state index contributed by atoms with van der Waals surface area (Å²) in [5.74, 6) is -1.46. The molecule has 0 bridgehead atoms. The van der Waals surface area contributed by atoms with Crippen LogP contribution in [-0.2, 0) is 19.7 Å². The highest BCUT2D eigenvalue weighted by Crippen LogP contribution is 2.25. The number of aliphatic carboxylic acids is 1. The van der Waals surface area contributed by atoms with Crippen molar-refractivity contribution in [2.45, 2.75) is 38.2 Å². The van der Waals surface area contributed by atoms with Crippen LogP contribution in [0.5, 0.6) is 0 Å². The normalized spacial score (nSPS) is 16.3. The van der Waals surface area contributed by atoms with Gasteiger partial charge in [-0.25, -0.2) is 0 Å². The molecule has 1 aliphatic rings. The molecule has 1 heterocycles. The van der Waals surface area contributed by atoms with E-state index in [1.54, 1.807) is 62.4 Å². The number of hydrogen-bond acceptors (Lipinski definition) is 4. The topological polar surface area (TPSA) is 105 Å². The Hall–Kier alpha value is -3.19. The number of hydrogen-bond donors (Lipinski definition) is 3. The van der Waals surface area contributed by atoms with Crippen molar-refractivity contribution in [2.75, 3.05) is 17.2 Å². The van der Waals surface area contributed by atoms with Crippen molar-refractivity contribution in [1.29, 1.82) is 0 Å². The first-order valence-electron chi connectivity index (χ1n) is 9.45. The highest BCUT2D eigenvalue weighted by molar-refractivity contribution is 6.05. The molecular weight excluding hydrogens is 372 g/mol. The second kappa shape index (κ2) is 8.45. The number of benzene rings is 2. The quantitative estimate of drug-likeness (QED) is 0.694. The third-order valence-electron chi connectivity index (χ3n) is 5.01. The van der Waals surface area contributed by atoms with Crippen LogP contribution in [0.1, 0.15) is 42.6 Å². The molecule has 152 valence electrons. The molecule has 7 heteroatoms. The Morgan fingerprint density at radius 3 is 2.38 bits per heavy atom. The molecule has 1 saturated heterocycles. The van der Waals surface area contributed by atoms with Crippen LogP contribution in [0.2, 0.25) is 0 Å². The first-order valence-corrected chi connectivity index (χ1v) is 9.45. The number of ether oxygens (including phenoxy) is 1. The first-order chi connectivity index (χ1) is 13.8. The molecule has 0 aromatic heterocycles. The molecule has 1 fully saturated rings. The van der Waals surface area contributed by atoms with E-state index in [4.69, 9.17) is 4.74 Å². The van der Waals surface area contributed by atoms with Crippen LogP contribution >= 0.6 is 0 Å². The largest absolute Gasteiger partial charge is 0.481 e. The number of carbonyl (C=O) groups excluding carboxylic acids is 2. The summed E-state index contributed by atoms with van der Waals surface area (Å²) < 4.78 is 5.36. The number of carboxylic acid groups (broad SMARTS) is 1. The van der Waals surface area contributed by atoms with Crippen LogP contribution in [0.25, 0.3) is 0 Å². The molecule has 2 aromatic rings. The molecule has 2 aromatic carbocycles. The summed E-state index contributed by atoms with van der Waals surface area (Å²) in [5, 5.41) is 14.9. The summed E-state index contributed by atoms with van der Waals surface area (Å²) in [6.45, 7) is 3.83. The van der Waals surface area contributed by atoms with Gasteiger partial charge in [-0.1, -0.05) is 18.2 Å². The summed E-state index contributed by atoms with van der Waals surface area (Å²) in [6.07, 6.45) is 1.12. The van der Waals surface area contributed by atoms with Gasteiger partial charge in [-0.05, 0) is 62.6 Å². The van der Waals surface area contributed by atoms with E-state index in [9.17, 15) is 19.5 Å². The predicted molar refractivity (Wildman–Crippen MR) is 109 cm³/mol. The fraction of sp³-hybridized carbons (Fsp3) is 0.318. The summed E-state index contributed by atoms with van der Waals surface area (Å²) in [6, 6.07) is 13.4. The molecule has 0 aliphatic carbocycles. The molecule has 1 atom stereocenters. The maximum Gasteiger partial charge on any atom is 0.313 e. The van der Waals surface area contributed by atoms with E-state index in [0.717, 1.165) is 6.42 Å². The Morgan fingerprint density at radius 2 is 1.76 bits per heavy atom. The van der Waals surface area contributed by atoms with Crippen LogP contribution in [0.4, 0.5) is 11.4 Å². The lowest BCUT2D eigenvalue weighted by Gasteiger charge is -2.20. The van der Waals surface area contributed by atoms with E-state index in [1.165, 1.54) is 0 Å². The maximum atomic E-state index is 12.6. The lowest BCUT2D eigenvalue weighted by molar-refractivity contribution is -0.142. The van der Waals surface area contributed by atoms with Crippen molar-refractivity contribution in [3.63, 3.8) is 0 Å². The summed E-state index contributed by atoms with van der Waals surface area (Å²) in [5.41, 5.74) is 1.09. The van der Waals surface area contributed by atoms with Gasteiger partial charge in [-0.3, -0.25) is 14.4 Å². The molecule has 7 nitrogen and oxygen atoms in total. The lowest BCUT2D eigenvalue weighted by Crippen LogP contribution is -2.28. The predicted octanol–water partition coefficient (Wildman–Crippen LogP) is 3.42. The molecule has 0 saturated carbocycles. The number of rotatable bonds is 6. The fourth-order valence-electron chi connectivity index (χ4n) is 3.04. The van der Waals surface area contributed by atoms with Crippen molar-refractivity contribution < 1.29 is 24.2 Å².